The van der Waals surface area contributed by atoms with E-state index in [2.05, 4.69) is 0 Å². The van der Waals surface area contributed by atoms with Crippen LogP contribution in [0.3, 0.4) is 0 Å². The van der Waals surface area contributed by atoms with Crippen LogP contribution in [0.2, 0.25) is 0 Å². The van der Waals surface area contributed by atoms with Crippen molar-refractivity contribution in [3.05, 3.63) is 107 Å². The molecule has 3 fully saturated rings. The number of halogens is 2. The van der Waals surface area contributed by atoms with Crippen molar-refractivity contribution in [1.82, 2.24) is 0 Å². The zero-order chi connectivity index (χ0) is 21.5. The average Bonchev–Trinajstić information content (AvgIpc) is 2.83. The third-order valence-electron chi connectivity index (χ3n) is 7.87. The molecule has 0 aromatic heterocycles. The fraction of sp³-hybridized carbons (Fsp3) is 0.333. The van der Waals surface area contributed by atoms with Crippen LogP contribution in [0.15, 0.2) is 78.9 Å². The molecule has 160 valence electrons. The lowest BCUT2D eigenvalue weighted by atomic mass is 9.56. The Kier molecular flexibility index (Phi) is 4.95. The second kappa shape index (κ2) is 7.54. The number of aliphatic hydroxyl groups is 1. The monoisotopic (exact) mass is 420 g/mol. The lowest BCUT2D eigenvalue weighted by Crippen LogP contribution is -2.66. The van der Waals surface area contributed by atoms with Crippen LogP contribution in [0.4, 0.5) is 8.78 Å². The van der Waals surface area contributed by atoms with Crippen LogP contribution < -0.4 is 0 Å². The molecule has 3 aliphatic rings. The number of piperidine rings is 3. The van der Waals surface area contributed by atoms with Crippen LogP contribution in [0.1, 0.15) is 36.0 Å². The fourth-order valence-electron chi connectivity index (χ4n) is 5.99. The maximum absolute atomic E-state index is 14.3. The van der Waals surface area contributed by atoms with Crippen molar-refractivity contribution in [1.29, 1.82) is 0 Å². The van der Waals surface area contributed by atoms with Gasteiger partial charge in [-0.25, -0.2) is 8.78 Å². The summed E-state index contributed by atoms with van der Waals surface area (Å²) in [5.41, 5.74) is 1.14. The third-order valence-corrected chi connectivity index (χ3v) is 7.87. The highest BCUT2D eigenvalue weighted by Crippen LogP contribution is 2.57. The van der Waals surface area contributed by atoms with Crippen molar-refractivity contribution in [2.75, 3.05) is 19.6 Å². The molecular formula is C27H28F2NO+. The van der Waals surface area contributed by atoms with Gasteiger partial charge in [-0.2, -0.15) is 0 Å². The maximum atomic E-state index is 14.3. The highest BCUT2D eigenvalue weighted by molar-refractivity contribution is 5.39. The normalized spacial score (nSPS) is 25.5. The topological polar surface area (TPSA) is 20.2 Å². The van der Waals surface area contributed by atoms with Gasteiger partial charge in [-0.3, -0.25) is 0 Å². The Morgan fingerprint density at radius 1 is 0.774 bits per heavy atom. The van der Waals surface area contributed by atoms with Crippen molar-refractivity contribution in [3.63, 3.8) is 0 Å². The van der Waals surface area contributed by atoms with Gasteiger partial charge in [-0.1, -0.05) is 60.7 Å². The molecular weight excluding hydrogens is 392 g/mol. The summed E-state index contributed by atoms with van der Waals surface area (Å²) in [5, 5.41) is 12.4. The molecule has 3 aromatic rings. The minimum Gasteiger partial charge on any atom is -0.380 e. The minimum atomic E-state index is -1.06. The second-order valence-electron chi connectivity index (χ2n) is 9.38. The van der Waals surface area contributed by atoms with Gasteiger partial charge in [0.2, 0.25) is 0 Å². The summed E-state index contributed by atoms with van der Waals surface area (Å²) in [6.07, 6.45) is 2.61. The molecule has 2 bridgehead atoms. The van der Waals surface area contributed by atoms with Crippen molar-refractivity contribution < 1.29 is 18.4 Å². The standard InChI is InChI=1S/C27H28F2NO/c28-24-12-11-21(25(29)19-24)20-30-16-13-26(14-17-30,15-18-30)27(31,22-7-3-1-4-8-22)23-9-5-2-6-10-23/h1-12,19,31H,13-18,20H2/q+1. The van der Waals surface area contributed by atoms with Crippen molar-refractivity contribution >= 4 is 0 Å². The molecule has 0 radical (unpaired) electrons. The first-order chi connectivity index (χ1) is 15.0. The van der Waals surface area contributed by atoms with Gasteiger partial charge in [0.15, 0.2) is 0 Å². The first-order valence-corrected chi connectivity index (χ1v) is 11.1. The van der Waals surface area contributed by atoms with E-state index in [9.17, 15) is 13.9 Å². The summed E-state index contributed by atoms with van der Waals surface area (Å²) in [7, 11) is 0. The summed E-state index contributed by atoms with van der Waals surface area (Å²) in [6.45, 7) is 3.24. The minimum absolute atomic E-state index is 0.253. The van der Waals surface area contributed by atoms with Crippen LogP contribution in [0, 0.1) is 17.0 Å². The first kappa shape index (κ1) is 20.3. The highest BCUT2D eigenvalue weighted by Gasteiger charge is 2.60. The summed E-state index contributed by atoms with van der Waals surface area (Å²) in [6, 6.07) is 23.9. The molecule has 4 heteroatoms. The van der Waals surface area contributed by atoms with E-state index in [1.54, 1.807) is 6.07 Å². The fourth-order valence-corrected chi connectivity index (χ4v) is 5.99. The van der Waals surface area contributed by atoms with Crippen LogP contribution in [-0.2, 0) is 12.1 Å². The SMILES string of the molecule is OC(c1ccccc1)(c1ccccc1)C12CC[N+](Cc3ccc(F)cc3F)(CC1)CC2. The molecule has 3 aliphatic heterocycles. The zero-order valence-corrected chi connectivity index (χ0v) is 17.6. The van der Waals surface area contributed by atoms with Gasteiger partial charge in [0.1, 0.15) is 23.8 Å². The number of nitrogens with zero attached hydrogens (tertiary/aromatic N) is 1. The predicted octanol–water partition coefficient (Wildman–Crippen LogP) is 5.40. The predicted molar refractivity (Wildman–Crippen MR) is 117 cm³/mol. The molecule has 0 saturated carbocycles. The molecule has 3 heterocycles. The summed E-state index contributed by atoms with van der Waals surface area (Å²) < 4.78 is 28.5. The smallest absolute Gasteiger partial charge is 0.134 e. The van der Waals surface area contributed by atoms with Crippen molar-refractivity contribution in [3.8, 4) is 0 Å². The summed E-state index contributed by atoms with van der Waals surface area (Å²) in [4.78, 5) is 0. The molecule has 6 rings (SSSR count). The molecule has 0 atom stereocenters. The van der Waals surface area contributed by atoms with Gasteiger partial charge < -0.3 is 9.59 Å². The molecule has 3 saturated heterocycles. The lowest BCUT2D eigenvalue weighted by molar-refractivity contribution is -0.958. The van der Waals surface area contributed by atoms with E-state index >= 15 is 0 Å². The highest BCUT2D eigenvalue weighted by atomic mass is 19.1. The third kappa shape index (κ3) is 3.29. The Morgan fingerprint density at radius 3 is 1.77 bits per heavy atom. The molecule has 1 N–H and O–H groups in total. The van der Waals surface area contributed by atoms with Crippen molar-refractivity contribution in [2.24, 2.45) is 5.41 Å². The number of hydrogen-bond donors (Lipinski definition) is 1. The second-order valence-corrected chi connectivity index (χ2v) is 9.38. The van der Waals surface area contributed by atoms with E-state index in [0.717, 1.165) is 60.6 Å². The van der Waals surface area contributed by atoms with E-state index in [1.807, 2.05) is 60.7 Å². The lowest BCUT2D eigenvalue weighted by Gasteiger charge is -2.60. The van der Waals surface area contributed by atoms with Crippen LogP contribution in [0.5, 0.6) is 0 Å². The number of rotatable bonds is 5. The van der Waals surface area contributed by atoms with Gasteiger partial charge in [0.25, 0.3) is 0 Å². The van der Waals surface area contributed by atoms with Gasteiger partial charge in [0, 0.05) is 36.3 Å². The van der Waals surface area contributed by atoms with Crippen LogP contribution >= 0.6 is 0 Å². The van der Waals surface area contributed by atoms with E-state index in [-0.39, 0.29) is 5.41 Å². The van der Waals surface area contributed by atoms with Crippen molar-refractivity contribution in [2.45, 2.75) is 31.4 Å². The van der Waals surface area contributed by atoms with Gasteiger partial charge in [0.05, 0.1) is 19.6 Å². The summed E-state index contributed by atoms with van der Waals surface area (Å²) in [5.74, 6) is -0.992. The Labute approximate surface area is 182 Å². The van der Waals surface area contributed by atoms with Gasteiger partial charge >= 0.3 is 0 Å². The van der Waals surface area contributed by atoms with Gasteiger partial charge in [-0.05, 0) is 23.3 Å². The van der Waals surface area contributed by atoms with Gasteiger partial charge in [-0.15, -0.1) is 0 Å². The Balaban J connectivity index is 1.48. The number of benzene rings is 3. The number of quaternary nitrogens is 1. The van der Waals surface area contributed by atoms with E-state index in [0.29, 0.717) is 12.1 Å². The molecule has 0 aliphatic carbocycles. The Hall–Kier alpha value is -2.56. The largest absolute Gasteiger partial charge is 0.380 e. The van der Waals surface area contributed by atoms with E-state index in [1.165, 1.54) is 6.07 Å². The molecule has 3 aromatic carbocycles. The average molecular weight is 421 g/mol. The number of hydrogen-bond acceptors (Lipinski definition) is 1. The molecule has 0 spiro atoms. The molecule has 0 amide bonds. The Bertz CT molecular complexity index is 1000. The summed E-state index contributed by atoms with van der Waals surface area (Å²) >= 11 is 0. The maximum Gasteiger partial charge on any atom is 0.134 e. The van der Waals surface area contributed by atoms with E-state index in [4.69, 9.17) is 0 Å². The molecule has 31 heavy (non-hydrogen) atoms. The van der Waals surface area contributed by atoms with E-state index < -0.39 is 17.2 Å². The quantitative estimate of drug-likeness (QED) is 0.548. The number of fused-ring (bicyclic) bond motifs is 3. The molecule has 2 nitrogen and oxygen atoms in total. The molecule has 0 unspecified atom stereocenters. The zero-order valence-electron chi connectivity index (χ0n) is 17.6. The van der Waals surface area contributed by atoms with Crippen LogP contribution in [-0.4, -0.2) is 29.2 Å². The first-order valence-electron chi connectivity index (χ1n) is 11.1. The Morgan fingerprint density at radius 2 is 1.29 bits per heavy atom. The van der Waals surface area contributed by atoms with Crippen LogP contribution in [0.25, 0.3) is 0 Å².